The summed E-state index contributed by atoms with van der Waals surface area (Å²) in [6.45, 7) is 5.19. The van der Waals surface area contributed by atoms with Gasteiger partial charge in [0.05, 0.1) is 25.0 Å². The van der Waals surface area contributed by atoms with E-state index in [0.29, 0.717) is 16.7 Å². The van der Waals surface area contributed by atoms with E-state index in [0.717, 1.165) is 11.8 Å². The van der Waals surface area contributed by atoms with Crippen LogP contribution in [-0.2, 0) is 102 Å². The third-order valence-electron chi connectivity index (χ3n) is 19.3. The van der Waals surface area contributed by atoms with E-state index in [1.54, 1.807) is 30.3 Å². The molecule has 6 rings (SSSR count). The van der Waals surface area contributed by atoms with E-state index in [4.69, 9.17) is 28.3 Å². The molecule has 0 saturated carbocycles. The van der Waals surface area contributed by atoms with Gasteiger partial charge in [0.25, 0.3) is 0 Å². The predicted molar refractivity (Wildman–Crippen MR) is 416 cm³/mol. The molecule has 40 nitrogen and oxygen atoms in total. The van der Waals surface area contributed by atoms with E-state index in [1.165, 1.54) is 98.5 Å². The highest BCUT2D eigenvalue weighted by Gasteiger charge is 2.43. The van der Waals surface area contributed by atoms with Crippen LogP contribution in [0, 0.1) is 11.3 Å². The number of aliphatic carboxylic acids is 2. The molecule has 0 unspecified atom stereocenters. The summed E-state index contributed by atoms with van der Waals surface area (Å²) >= 11 is 0. The summed E-state index contributed by atoms with van der Waals surface area (Å²) in [5.74, 6) is -19.1. The van der Waals surface area contributed by atoms with Gasteiger partial charge in [-0.2, -0.15) is 0 Å². The molecule has 14 atom stereocenters. The van der Waals surface area contributed by atoms with Gasteiger partial charge in [-0.1, -0.05) is 80.6 Å². The monoisotopic (exact) mass is 1630 g/mol. The number of carboxylic acids is 2. The van der Waals surface area contributed by atoms with Crippen molar-refractivity contribution in [1.82, 2.24) is 68.3 Å². The molecule has 2 heterocycles. The Hall–Kier alpha value is -13.0. The fraction of sp³-hybridized carbons (Fsp3) is 0.468. The first-order chi connectivity index (χ1) is 55.3. The van der Waals surface area contributed by atoms with Crippen LogP contribution in [0.3, 0.4) is 0 Å². The number of phenols is 3. The summed E-state index contributed by atoms with van der Waals surface area (Å²) in [5.41, 5.74) is 23.8. The number of carbonyl (C=O) groups excluding carboxylic acids is 14. The molecule has 117 heavy (non-hydrogen) atoms. The van der Waals surface area contributed by atoms with Crippen molar-refractivity contribution in [3.05, 3.63) is 125 Å². The van der Waals surface area contributed by atoms with Gasteiger partial charge in [-0.3, -0.25) is 77.3 Å². The van der Waals surface area contributed by atoms with Crippen molar-refractivity contribution in [3.63, 3.8) is 0 Å². The van der Waals surface area contributed by atoms with Crippen molar-refractivity contribution < 1.29 is 107 Å². The van der Waals surface area contributed by atoms with Crippen molar-refractivity contribution >= 4 is 101 Å². The molecular weight excluding hydrogens is 1530 g/mol. The fourth-order valence-electron chi connectivity index (χ4n) is 13.0. The molecule has 634 valence electrons. The Morgan fingerprint density at radius 2 is 0.838 bits per heavy atom. The van der Waals surface area contributed by atoms with Crippen LogP contribution in [0.1, 0.15) is 114 Å². The van der Waals surface area contributed by atoms with Gasteiger partial charge < -0.3 is 122 Å². The number of likely N-dealkylation sites (tertiary alicyclic amines) is 2. The van der Waals surface area contributed by atoms with E-state index in [1.807, 2.05) is 0 Å². The first-order valence-electron chi connectivity index (χ1n) is 37.8. The third kappa shape index (κ3) is 29.4. The number of nitrogens with zero attached hydrogens (tertiary/aromatic N) is 2. The Balaban J connectivity index is 1.21. The number of hydrogen-bond donors (Lipinski definition) is 22. The Morgan fingerprint density at radius 1 is 0.444 bits per heavy atom. The quantitative estimate of drug-likeness (QED) is 0.0112. The van der Waals surface area contributed by atoms with Crippen molar-refractivity contribution in [3.8, 4) is 17.2 Å². The molecule has 26 N–H and O–H groups in total. The minimum atomic E-state index is -2.09. The summed E-state index contributed by atoms with van der Waals surface area (Å²) in [7, 11) is 0. The number of carbonyl (C=O) groups is 16. The normalized spacial score (nSPS) is 16.8. The number of nitrogens with two attached hydrogens (primary N) is 4. The Labute approximate surface area is 672 Å². The zero-order chi connectivity index (χ0) is 86.5. The van der Waals surface area contributed by atoms with E-state index >= 15 is 0 Å². The van der Waals surface area contributed by atoms with Gasteiger partial charge in [0.2, 0.25) is 82.7 Å². The third-order valence-corrected chi connectivity index (χ3v) is 19.3. The molecule has 2 aliphatic rings. The van der Waals surface area contributed by atoms with Gasteiger partial charge >= 0.3 is 11.9 Å². The highest BCUT2D eigenvalue weighted by Crippen LogP contribution is 2.24. The summed E-state index contributed by atoms with van der Waals surface area (Å²) in [4.78, 5) is 223. The van der Waals surface area contributed by atoms with Crippen LogP contribution in [0.5, 0.6) is 17.2 Å². The largest absolute Gasteiger partial charge is 0.508 e. The van der Waals surface area contributed by atoms with Crippen LogP contribution in [0.2, 0.25) is 0 Å². The molecule has 4 aromatic carbocycles. The topological polar surface area (TPSA) is 661 Å². The second-order valence-corrected chi connectivity index (χ2v) is 29.0. The summed E-state index contributed by atoms with van der Waals surface area (Å²) in [5, 5.41) is 96.5. The number of guanidine groups is 1. The Morgan fingerprint density at radius 3 is 1.28 bits per heavy atom. The van der Waals surface area contributed by atoms with Gasteiger partial charge in [-0.05, 0) is 123 Å². The van der Waals surface area contributed by atoms with Gasteiger partial charge in [-0.25, -0.2) is 4.79 Å². The maximum Gasteiger partial charge on any atom is 0.326 e. The first kappa shape index (κ1) is 92.9. The predicted octanol–water partition coefficient (Wildman–Crippen LogP) is -4.75. The van der Waals surface area contributed by atoms with Crippen LogP contribution in [0.25, 0.3) is 0 Å². The van der Waals surface area contributed by atoms with Gasteiger partial charge in [-0.15, -0.1) is 0 Å². The molecule has 0 radical (unpaired) electrons. The van der Waals surface area contributed by atoms with Crippen LogP contribution in [0.15, 0.2) is 103 Å². The van der Waals surface area contributed by atoms with Crippen molar-refractivity contribution in [2.75, 3.05) is 19.6 Å². The number of hydrogen-bond acceptors (Lipinski definition) is 22. The highest BCUT2D eigenvalue weighted by molar-refractivity contribution is 6.01. The number of aromatic hydroxyl groups is 3. The molecule has 2 saturated heterocycles. The average Bonchev–Trinajstić information content (AvgIpc) is 1.72. The standard InChI is InChI=1S/C77H104N18O22/c1-39(2)62(72(112)93-63(41(4)96)73(113)90-54(36-45-20-26-48(99)27-21-45)69(109)91-56(37-60(80)101)75(115)95-32-10-15-58(95)76(116)117)92-70(110)55(38-61(102)103)89-68(108)53(35-44-18-24-47(98)25-19-44)88-67(107)51(34-43-16-22-46(97)23-17-43)86-64(104)40(3)84-71(111)57-14-9-31-94(57)74(114)50(13-8-30-83-77(81)82)85-66(106)52(33-42-11-6-5-7-12-42)87-65(105)49(78)28-29-59(79)100/h5-7,11-12,16-27,39-41,49-58,62-63,96-99H,8-10,13-15,28-38,78H2,1-4H3,(H2,79,100)(H2,80,101)(H,84,111)(H,85,106)(H,86,104)(H,87,105)(H,88,107)(H,89,108)(H,90,113)(H,91,109)(H,92,110)(H,93,112)(H,102,103)(H,116,117)(H4,81,82,83)/t40-,41+,49-,50-,51-,52-,53-,54-,55-,56-,57-,58-,62-,63-/m0/s1. The molecular formula is C77H104N18O22. The zero-order valence-corrected chi connectivity index (χ0v) is 64.9. The van der Waals surface area contributed by atoms with Gasteiger partial charge in [0, 0.05) is 51.7 Å². The molecule has 2 aliphatic heterocycles. The van der Waals surface area contributed by atoms with Crippen LogP contribution in [0.4, 0.5) is 0 Å². The first-order valence-corrected chi connectivity index (χ1v) is 37.8. The number of rotatable bonds is 44. The summed E-state index contributed by atoms with van der Waals surface area (Å²) in [6, 6.07) is 3.63. The second kappa shape index (κ2) is 44.6. The Kier molecular flexibility index (Phi) is 35.4. The molecule has 40 heteroatoms. The van der Waals surface area contributed by atoms with Crippen molar-refractivity contribution in [2.45, 2.75) is 202 Å². The number of nitrogens with one attached hydrogen (secondary N) is 12. The van der Waals surface area contributed by atoms with Gasteiger partial charge in [0.1, 0.15) is 89.8 Å². The average molecular weight is 1630 g/mol. The fourth-order valence-corrected chi connectivity index (χ4v) is 13.0. The Bertz CT molecular complexity index is 4210. The number of primary amides is 2. The molecule has 0 spiro atoms. The second-order valence-electron chi connectivity index (χ2n) is 29.0. The number of amides is 14. The lowest BCUT2D eigenvalue weighted by Gasteiger charge is -2.31. The minimum absolute atomic E-state index is 0.00988. The lowest BCUT2D eigenvalue weighted by Crippen LogP contribution is -2.63. The minimum Gasteiger partial charge on any atom is -0.508 e. The van der Waals surface area contributed by atoms with Crippen molar-refractivity contribution in [2.24, 2.45) is 28.9 Å². The summed E-state index contributed by atoms with van der Waals surface area (Å²) in [6.07, 6.45) is -4.77. The SMILES string of the molecule is CC(C)[C@H](NC(=O)[C@H](CC(=O)O)NC(=O)[C@H](Cc1ccc(O)cc1)NC(=O)[C@H](Cc1ccc(O)cc1)NC(=O)[C@H](C)NC(=O)[C@@H]1CCCN1C(=O)[C@H](CCCNC(=N)N)NC(=O)[C@H](Cc1ccccc1)NC(=O)[C@@H](N)CCC(N)=O)C(=O)N[C@H](C(=O)N[C@@H](Cc1ccc(O)cc1)C(=O)N[C@@H](CC(N)=O)C(=O)N1CCC[C@H]1C(=O)O)[C@@H](C)O. The van der Waals surface area contributed by atoms with E-state index < -0.39 is 211 Å². The lowest BCUT2D eigenvalue weighted by molar-refractivity contribution is -0.149. The molecule has 2 fully saturated rings. The van der Waals surface area contributed by atoms with E-state index in [2.05, 4.69) is 58.5 Å². The zero-order valence-electron chi connectivity index (χ0n) is 64.9. The molecule has 4 aromatic rings. The molecule has 0 aromatic heterocycles. The number of aliphatic hydroxyl groups is 1. The number of aliphatic hydroxyl groups excluding tert-OH is 1. The van der Waals surface area contributed by atoms with Crippen molar-refractivity contribution in [1.29, 1.82) is 5.41 Å². The number of phenolic OH excluding ortho intramolecular Hbond substituents is 3. The van der Waals surface area contributed by atoms with Crippen LogP contribution < -0.4 is 81.4 Å². The van der Waals surface area contributed by atoms with Crippen LogP contribution in [-0.4, -0.2) is 245 Å². The maximum absolute atomic E-state index is 14.9. The number of carboxylic acid groups (broad SMARTS) is 2. The smallest absolute Gasteiger partial charge is 0.326 e. The highest BCUT2D eigenvalue weighted by atomic mass is 16.4. The van der Waals surface area contributed by atoms with Gasteiger partial charge in [0.15, 0.2) is 5.96 Å². The molecule has 0 aliphatic carbocycles. The van der Waals surface area contributed by atoms with E-state index in [-0.39, 0.29) is 113 Å². The van der Waals surface area contributed by atoms with E-state index in [9.17, 15) is 107 Å². The lowest BCUT2D eigenvalue weighted by atomic mass is 10.00. The number of benzene rings is 4. The molecule has 14 amide bonds. The summed E-state index contributed by atoms with van der Waals surface area (Å²) < 4.78 is 0. The maximum atomic E-state index is 14.9. The molecule has 0 bridgehead atoms. The van der Waals surface area contributed by atoms with Crippen LogP contribution >= 0.6 is 0 Å².